The van der Waals surface area contributed by atoms with E-state index in [2.05, 4.69) is 11.2 Å². The summed E-state index contributed by atoms with van der Waals surface area (Å²) >= 11 is 0. The molecule has 0 saturated heterocycles. The number of ketones is 1. The number of rotatable bonds is 1. The van der Waals surface area contributed by atoms with E-state index in [1.807, 2.05) is 20.8 Å². The number of nitrogens with two attached hydrogens (primary N) is 1. The molecule has 0 spiro atoms. The average molecular weight is 312 g/mol. The molecule has 2 N–H and O–H groups in total. The van der Waals surface area contributed by atoms with Gasteiger partial charge in [0.25, 0.3) is 0 Å². The number of nitriles is 1. The van der Waals surface area contributed by atoms with Crippen molar-refractivity contribution >= 4 is 5.78 Å². The molecular formula is C17H20N4O2. The number of aromatic nitrogens is 2. The lowest BCUT2D eigenvalue weighted by molar-refractivity contribution is -0.119. The fraction of sp³-hybridized carbons (Fsp3) is 0.471. The molecule has 0 saturated carbocycles. The molecule has 0 unspecified atom stereocenters. The van der Waals surface area contributed by atoms with Gasteiger partial charge in [-0.2, -0.15) is 10.4 Å². The first-order valence-electron chi connectivity index (χ1n) is 7.57. The van der Waals surface area contributed by atoms with Crippen LogP contribution in [0.4, 0.5) is 0 Å². The van der Waals surface area contributed by atoms with Crippen molar-refractivity contribution in [3.63, 3.8) is 0 Å². The molecule has 1 aliphatic heterocycles. The van der Waals surface area contributed by atoms with Crippen molar-refractivity contribution in [2.75, 3.05) is 0 Å². The van der Waals surface area contributed by atoms with E-state index in [4.69, 9.17) is 10.5 Å². The third kappa shape index (κ3) is 2.33. The summed E-state index contributed by atoms with van der Waals surface area (Å²) < 4.78 is 7.37. The molecule has 0 bridgehead atoms. The van der Waals surface area contributed by atoms with Gasteiger partial charge in [-0.05, 0) is 17.9 Å². The number of ether oxygens (including phenoxy) is 1. The van der Waals surface area contributed by atoms with Gasteiger partial charge in [-0.3, -0.25) is 9.48 Å². The molecule has 1 aromatic rings. The maximum atomic E-state index is 12.8. The number of Topliss-reactive ketones (excluding diaryl/α,β-unsaturated/α-hetero) is 1. The molecule has 23 heavy (non-hydrogen) atoms. The quantitative estimate of drug-likeness (QED) is 0.857. The largest absolute Gasteiger partial charge is 0.444 e. The maximum Gasteiger partial charge on any atom is 0.205 e. The van der Waals surface area contributed by atoms with Gasteiger partial charge in [-0.15, -0.1) is 0 Å². The molecule has 0 radical (unpaired) electrons. The van der Waals surface area contributed by atoms with E-state index < -0.39 is 5.92 Å². The van der Waals surface area contributed by atoms with E-state index in [0.29, 0.717) is 24.2 Å². The van der Waals surface area contributed by atoms with Crippen LogP contribution in [0.5, 0.6) is 0 Å². The predicted molar refractivity (Wildman–Crippen MR) is 83.6 cm³/mol. The first-order valence-corrected chi connectivity index (χ1v) is 7.57. The fourth-order valence-electron chi connectivity index (χ4n) is 3.53. The number of carbonyl (C=O) groups excluding carboxylic acids is 1. The van der Waals surface area contributed by atoms with E-state index in [1.165, 1.54) is 0 Å². The normalized spacial score (nSPS) is 23.4. The lowest BCUT2D eigenvalue weighted by Gasteiger charge is -2.37. The molecular weight excluding hydrogens is 292 g/mol. The van der Waals surface area contributed by atoms with Crippen LogP contribution < -0.4 is 5.73 Å². The van der Waals surface area contributed by atoms with Crippen molar-refractivity contribution in [2.24, 2.45) is 18.2 Å². The number of hydrogen-bond acceptors (Lipinski definition) is 5. The third-order valence-electron chi connectivity index (χ3n) is 4.53. The van der Waals surface area contributed by atoms with E-state index >= 15 is 0 Å². The summed E-state index contributed by atoms with van der Waals surface area (Å²) in [5.41, 5.74) is 8.39. The highest BCUT2D eigenvalue weighted by Gasteiger charge is 2.44. The first-order chi connectivity index (χ1) is 10.7. The van der Waals surface area contributed by atoms with Gasteiger partial charge in [0, 0.05) is 25.5 Å². The summed E-state index contributed by atoms with van der Waals surface area (Å²) in [6, 6.07) is 2.12. The van der Waals surface area contributed by atoms with Crippen LogP contribution in [0, 0.1) is 23.7 Å². The third-order valence-corrected chi connectivity index (χ3v) is 4.53. The topological polar surface area (TPSA) is 93.9 Å². The number of nitrogens with zero attached hydrogens (tertiary/aromatic N) is 3. The second-order valence-electron chi connectivity index (χ2n) is 7.04. The molecule has 1 aromatic heterocycles. The van der Waals surface area contributed by atoms with E-state index in [0.717, 1.165) is 11.3 Å². The Morgan fingerprint density at radius 2 is 2.17 bits per heavy atom. The van der Waals surface area contributed by atoms with Crippen molar-refractivity contribution in [1.29, 1.82) is 5.26 Å². The molecule has 3 rings (SSSR count). The Balaban J connectivity index is 2.24. The number of hydrogen-bond donors (Lipinski definition) is 1. The van der Waals surface area contributed by atoms with Crippen LogP contribution in [0.1, 0.15) is 43.9 Å². The van der Waals surface area contributed by atoms with Gasteiger partial charge in [0.15, 0.2) is 5.78 Å². The average Bonchev–Trinajstić information content (AvgIpc) is 2.75. The van der Waals surface area contributed by atoms with E-state index in [9.17, 15) is 10.1 Å². The van der Waals surface area contributed by atoms with Crippen molar-refractivity contribution < 1.29 is 9.53 Å². The number of allylic oxidation sites excluding steroid dienone is 3. The molecule has 0 aromatic carbocycles. The SMILES string of the molecule is Cc1cnn(C)c1[C@H]1C(C#N)=C(N)OC2=C1C(=O)CC(C)(C)C2. The lowest BCUT2D eigenvalue weighted by Crippen LogP contribution is -2.34. The summed E-state index contributed by atoms with van der Waals surface area (Å²) in [6.07, 6.45) is 2.79. The van der Waals surface area contributed by atoms with Gasteiger partial charge in [0.2, 0.25) is 5.88 Å². The van der Waals surface area contributed by atoms with Crippen LogP contribution in [0.3, 0.4) is 0 Å². The Bertz CT molecular complexity index is 786. The minimum absolute atomic E-state index is 0.0158. The standard InChI is InChI=1S/C17H20N4O2/c1-9-8-20-21(4)15(9)13-10(7-18)16(19)23-12-6-17(2,3)5-11(22)14(12)13/h8,13H,5-6,19H2,1-4H3/t13-/m0/s1. The molecule has 0 amide bonds. The van der Waals surface area contributed by atoms with Crippen molar-refractivity contribution in [3.8, 4) is 6.07 Å². The summed E-state index contributed by atoms with van der Waals surface area (Å²) in [5.74, 6) is 0.192. The van der Waals surface area contributed by atoms with Gasteiger partial charge in [-0.25, -0.2) is 0 Å². The van der Waals surface area contributed by atoms with Crippen LogP contribution in [0.25, 0.3) is 0 Å². The minimum atomic E-state index is -0.500. The van der Waals surface area contributed by atoms with Crippen molar-refractivity contribution in [1.82, 2.24) is 9.78 Å². The van der Waals surface area contributed by atoms with Crippen LogP contribution in [-0.4, -0.2) is 15.6 Å². The Kier molecular flexibility index (Phi) is 3.33. The fourth-order valence-corrected chi connectivity index (χ4v) is 3.53. The van der Waals surface area contributed by atoms with Crippen LogP contribution >= 0.6 is 0 Å². The Morgan fingerprint density at radius 1 is 1.48 bits per heavy atom. The highest BCUT2D eigenvalue weighted by molar-refractivity contribution is 6.00. The minimum Gasteiger partial charge on any atom is -0.444 e. The Hall–Kier alpha value is -2.55. The smallest absolute Gasteiger partial charge is 0.205 e. The second kappa shape index (κ2) is 4.98. The second-order valence-corrected chi connectivity index (χ2v) is 7.04. The maximum absolute atomic E-state index is 12.8. The first kappa shape index (κ1) is 15.3. The number of aryl methyl sites for hydroxylation is 2. The summed E-state index contributed by atoms with van der Waals surface area (Å²) in [6.45, 7) is 5.98. The van der Waals surface area contributed by atoms with Gasteiger partial charge < -0.3 is 10.5 Å². The van der Waals surface area contributed by atoms with Gasteiger partial charge in [-0.1, -0.05) is 13.8 Å². The molecule has 6 heteroatoms. The van der Waals surface area contributed by atoms with Gasteiger partial charge in [0.05, 0.1) is 17.8 Å². The zero-order chi connectivity index (χ0) is 16.9. The lowest BCUT2D eigenvalue weighted by atomic mass is 9.71. The summed E-state index contributed by atoms with van der Waals surface area (Å²) in [5, 5.41) is 13.8. The molecule has 6 nitrogen and oxygen atoms in total. The Morgan fingerprint density at radius 3 is 2.74 bits per heavy atom. The highest BCUT2D eigenvalue weighted by Crippen LogP contribution is 2.48. The van der Waals surface area contributed by atoms with Gasteiger partial charge >= 0.3 is 0 Å². The molecule has 2 heterocycles. The molecule has 0 fully saturated rings. The Labute approximate surface area is 135 Å². The van der Waals surface area contributed by atoms with E-state index in [-0.39, 0.29) is 22.7 Å². The summed E-state index contributed by atoms with van der Waals surface area (Å²) in [4.78, 5) is 12.8. The molecule has 1 aliphatic carbocycles. The molecule has 2 aliphatic rings. The zero-order valence-corrected chi connectivity index (χ0v) is 13.8. The van der Waals surface area contributed by atoms with Crippen LogP contribution in [-0.2, 0) is 16.6 Å². The van der Waals surface area contributed by atoms with Gasteiger partial charge in [0.1, 0.15) is 17.4 Å². The number of carbonyl (C=O) groups is 1. The van der Waals surface area contributed by atoms with Crippen LogP contribution in [0.15, 0.2) is 29.0 Å². The summed E-state index contributed by atoms with van der Waals surface area (Å²) in [7, 11) is 1.81. The molecule has 120 valence electrons. The highest BCUT2D eigenvalue weighted by atomic mass is 16.5. The predicted octanol–water partition coefficient (Wildman–Crippen LogP) is 2.18. The molecule has 1 atom stereocenters. The monoisotopic (exact) mass is 312 g/mol. The van der Waals surface area contributed by atoms with Crippen molar-refractivity contribution in [3.05, 3.63) is 40.2 Å². The van der Waals surface area contributed by atoms with Crippen LogP contribution in [0.2, 0.25) is 0 Å². The zero-order valence-electron chi connectivity index (χ0n) is 13.8. The van der Waals surface area contributed by atoms with Crippen molar-refractivity contribution in [2.45, 2.75) is 39.5 Å². The van der Waals surface area contributed by atoms with E-state index in [1.54, 1.807) is 17.9 Å².